The second-order valence-electron chi connectivity index (χ2n) is 6.97. The molecule has 10 heteroatoms. The number of nitrogens with zero attached hydrogens (tertiary/aromatic N) is 3. The number of ether oxygens (including phenoxy) is 1. The highest BCUT2D eigenvalue weighted by Crippen LogP contribution is 2.32. The maximum absolute atomic E-state index is 14.1. The predicted octanol–water partition coefficient (Wildman–Crippen LogP) is 4.17. The first kappa shape index (κ1) is 22.1. The van der Waals surface area contributed by atoms with Crippen LogP contribution in [0.15, 0.2) is 41.3 Å². The summed E-state index contributed by atoms with van der Waals surface area (Å²) in [4.78, 5) is 21.8. The molecule has 5 nitrogen and oxygen atoms in total. The lowest BCUT2D eigenvalue weighted by molar-refractivity contribution is -0.116. The van der Waals surface area contributed by atoms with Crippen molar-refractivity contribution in [1.29, 1.82) is 0 Å². The summed E-state index contributed by atoms with van der Waals surface area (Å²) >= 11 is 2.37. The molecule has 0 unspecified atom stereocenters. The number of aromatic nitrogens is 1. The van der Waals surface area contributed by atoms with Crippen molar-refractivity contribution in [1.82, 2.24) is 9.88 Å². The Labute approximate surface area is 185 Å². The van der Waals surface area contributed by atoms with E-state index in [4.69, 9.17) is 4.74 Å². The SMILES string of the molecule is O=C(CSc1ccc(F)cc1)N(CCN1CCOCC1)c1nc2c(F)cc(F)cc2s1. The van der Waals surface area contributed by atoms with E-state index in [9.17, 15) is 18.0 Å². The summed E-state index contributed by atoms with van der Waals surface area (Å²) in [7, 11) is 0. The molecule has 1 amide bonds. The summed E-state index contributed by atoms with van der Waals surface area (Å²) in [5, 5.41) is 0.331. The maximum atomic E-state index is 14.1. The van der Waals surface area contributed by atoms with Crippen LogP contribution >= 0.6 is 23.1 Å². The number of anilines is 1. The fourth-order valence-corrected chi connectivity index (χ4v) is 5.03. The molecule has 1 saturated heterocycles. The molecule has 2 aromatic carbocycles. The Morgan fingerprint density at radius 1 is 1.13 bits per heavy atom. The van der Waals surface area contributed by atoms with Gasteiger partial charge in [0.1, 0.15) is 17.2 Å². The normalized spacial score (nSPS) is 14.8. The Kier molecular flexibility index (Phi) is 7.11. The van der Waals surface area contributed by atoms with Gasteiger partial charge in [-0.25, -0.2) is 18.2 Å². The number of benzene rings is 2. The van der Waals surface area contributed by atoms with Crippen molar-refractivity contribution >= 4 is 44.4 Å². The Bertz CT molecular complexity index is 1060. The number of thiazole rings is 1. The Morgan fingerprint density at radius 2 is 1.87 bits per heavy atom. The highest BCUT2D eigenvalue weighted by Gasteiger charge is 2.23. The van der Waals surface area contributed by atoms with Gasteiger partial charge in [0, 0.05) is 37.1 Å². The Hall–Kier alpha value is -2.14. The van der Waals surface area contributed by atoms with E-state index in [-0.39, 0.29) is 23.0 Å². The van der Waals surface area contributed by atoms with Crippen molar-refractivity contribution in [3.8, 4) is 0 Å². The number of halogens is 3. The first-order chi connectivity index (χ1) is 15.0. The van der Waals surface area contributed by atoms with Crippen LogP contribution in [0.25, 0.3) is 10.2 Å². The van der Waals surface area contributed by atoms with Crippen molar-refractivity contribution < 1.29 is 22.7 Å². The fraction of sp³-hybridized carbons (Fsp3) is 0.333. The molecule has 164 valence electrons. The number of hydrogen-bond acceptors (Lipinski definition) is 6. The molecule has 1 aliphatic rings. The second-order valence-corrected chi connectivity index (χ2v) is 9.03. The molecule has 0 radical (unpaired) electrons. The van der Waals surface area contributed by atoms with Crippen LogP contribution in [0.4, 0.5) is 18.3 Å². The van der Waals surface area contributed by atoms with Gasteiger partial charge in [0.15, 0.2) is 10.9 Å². The van der Waals surface area contributed by atoms with Crippen molar-refractivity contribution in [3.05, 3.63) is 53.8 Å². The largest absolute Gasteiger partial charge is 0.379 e. The highest BCUT2D eigenvalue weighted by atomic mass is 32.2. The van der Waals surface area contributed by atoms with E-state index in [1.54, 1.807) is 12.1 Å². The molecule has 1 aromatic heterocycles. The molecule has 3 aromatic rings. The van der Waals surface area contributed by atoms with Gasteiger partial charge < -0.3 is 4.74 Å². The lowest BCUT2D eigenvalue weighted by atomic mass is 10.3. The molecule has 4 rings (SSSR count). The molecule has 2 heterocycles. The van der Waals surface area contributed by atoms with Gasteiger partial charge in [-0.1, -0.05) is 11.3 Å². The first-order valence-corrected chi connectivity index (χ1v) is 11.5. The molecule has 0 spiro atoms. The van der Waals surface area contributed by atoms with Gasteiger partial charge in [-0.15, -0.1) is 11.8 Å². The number of carbonyl (C=O) groups is 1. The van der Waals surface area contributed by atoms with E-state index in [0.717, 1.165) is 35.4 Å². The topological polar surface area (TPSA) is 45.7 Å². The zero-order chi connectivity index (χ0) is 21.8. The lowest BCUT2D eigenvalue weighted by Gasteiger charge is -2.29. The third-order valence-electron chi connectivity index (χ3n) is 4.85. The number of fused-ring (bicyclic) bond motifs is 1. The van der Waals surface area contributed by atoms with Crippen LogP contribution in [0.1, 0.15) is 0 Å². The van der Waals surface area contributed by atoms with E-state index in [1.807, 2.05) is 0 Å². The van der Waals surface area contributed by atoms with Gasteiger partial charge in [0.25, 0.3) is 0 Å². The molecular formula is C21H20F3N3O2S2. The van der Waals surface area contributed by atoms with Crippen LogP contribution in [0.2, 0.25) is 0 Å². The summed E-state index contributed by atoms with van der Waals surface area (Å²) in [5.41, 5.74) is 0.0526. The van der Waals surface area contributed by atoms with E-state index in [1.165, 1.54) is 34.9 Å². The summed E-state index contributed by atoms with van der Waals surface area (Å²) in [6, 6.07) is 7.91. The fourth-order valence-electron chi connectivity index (χ4n) is 3.21. The summed E-state index contributed by atoms with van der Waals surface area (Å²) in [6.45, 7) is 3.80. The third-order valence-corrected chi connectivity index (χ3v) is 6.88. The molecule has 0 bridgehead atoms. The zero-order valence-electron chi connectivity index (χ0n) is 16.5. The van der Waals surface area contributed by atoms with Crippen molar-refractivity contribution in [2.45, 2.75) is 4.90 Å². The van der Waals surface area contributed by atoms with Crippen LogP contribution in [-0.4, -0.2) is 60.9 Å². The van der Waals surface area contributed by atoms with Crippen LogP contribution in [0.3, 0.4) is 0 Å². The molecule has 31 heavy (non-hydrogen) atoms. The highest BCUT2D eigenvalue weighted by molar-refractivity contribution is 8.00. The second kappa shape index (κ2) is 9.99. The number of thioether (sulfide) groups is 1. The zero-order valence-corrected chi connectivity index (χ0v) is 18.2. The van der Waals surface area contributed by atoms with Gasteiger partial charge in [0.2, 0.25) is 5.91 Å². The quantitative estimate of drug-likeness (QED) is 0.488. The number of amides is 1. The minimum Gasteiger partial charge on any atom is -0.379 e. The minimum absolute atomic E-state index is 0.0526. The van der Waals surface area contributed by atoms with E-state index in [2.05, 4.69) is 9.88 Å². The molecule has 0 N–H and O–H groups in total. The first-order valence-electron chi connectivity index (χ1n) is 9.74. The Balaban J connectivity index is 1.53. The number of hydrogen-bond donors (Lipinski definition) is 0. The smallest absolute Gasteiger partial charge is 0.239 e. The molecule has 0 atom stereocenters. The van der Waals surface area contributed by atoms with E-state index >= 15 is 0 Å². The summed E-state index contributed by atoms with van der Waals surface area (Å²) in [6.07, 6.45) is 0. The van der Waals surface area contributed by atoms with E-state index < -0.39 is 11.6 Å². The van der Waals surface area contributed by atoms with Crippen molar-refractivity contribution in [2.24, 2.45) is 0 Å². The summed E-state index contributed by atoms with van der Waals surface area (Å²) in [5.74, 6) is -1.87. The maximum Gasteiger partial charge on any atom is 0.239 e. The van der Waals surface area contributed by atoms with Crippen molar-refractivity contribution in [2.75, 3.05) is 50.0 Å². The van der Waals surface area contributed by atoms with Crippen LogP contribution in [0, 0.1) is 17.5 Å². The van der Waals surface area contributed by atoms with Crippen molar-refractivity contribution in [3.63, 3.8) is 0 Å². The van der Waals surface area contributed by atoms with Gasteiger partial charge in [0.05, 0.1) is 23.7 Å². The molecule has 1 aliphatic heterocycles. The third kappa shape index (κ3) is 5.57. The number of rotatable bonds is 7. The molecular weight excluding hydrogens is 447 g/mol. The lowest BCUT2D eigenvalue weighted by Crippen LogP contribution is -2.43. The minimum atomic E-state index is -0.751. The molecule has 0 aliphatic carbocycles. The predicted molar refractivity (Wildman–Crippen MR) is 116 cm³/mol. The van der Waals surface area contributed by atoms with Gasteiger partial charge in [-0.05, 0) is 30.3 Å². The number of morpholine rings is 1. The van der Waals surface area contributed by atoms with Crippen LogP contribution < -0.4 is 4.90 Å². The Morgan fingerprint density at radius 3 is 2.61 bits per heavy atom. The molecule has 1 fully saturated rings. The standard InChI is InChI=1S/C21H20F3N3O2S2/c22-14-1-3-16(4-2-14)30-13-19(28)27(6-5-26-7-9-29-10-8-26)21-25-20-17(24)11-15(23)12-18(20)31-21/h1-4,11-12H,5-10,13H2. The van der Waals surface area contributed by atoms with Gasteiger partial charge >= 0.3 is 0 Å². The molecule has 0 saturated carbocycles. The average Bonchev–Trinajstić information content (AvgIpc) is 3.18. The van der Waals surface area contributed by atoms with Gasteiger partial charge in [-0.3, -0.25) is 14.6 Å². The summed E-state index contributed by atoms with van der Waals surface area (Å²) < 4.78 is 46.6. The van der Waals surface area contributed by atoms with Crippen LogP contribution in [-0.2, 0) is 9.53 Å². The monoisotopic (exact) mass is 467 g/mol. The van der Waals surface area contributed by atoms with E-state index in [0.29, 0.717) is 36.1 Å². The average molecular weight is 468 g/mol. The van der Waals surface area contributed by atoms with Gasteiger partial charge in [-0.2, -0.15) is 0 Å². The van der Waals surface area contributed by atoms with Crippen LogP contribution in [0.5, 0.6) is 0 Å². The number of carbonyl (C=O) groups excluding carboxylic acids is 1.